The van der Waals surface area contributed by atoms with E-state index < -0.39 is 0 Å². The summed E-state index contributed by atoms with van der Waals surface area (Å²) >= 11 is 0. The van der Waals surface area contributed by atoms with Crippen molar-refractivity contribution in [3.05, 3.63) is 30.2 Å². The van der Waals surface area contributed by atoms with Gasteiger partial charge in [-0.15, -0.1) is 0 Å². The Morgan fingerprint density at radius 2 is 2.50 bits per heavy atom. The van der Waals surface area contributed by atoms with Crippen LogP contribution in [0.15, 0.2) is 29.5 Å². The van der Waals surface area contributed by atoms with Crippen LogP contribution in [0.1, 0.15) is 19.5 Å². The lowest BCUT2D eigenvalue weighted by atomic mass is 10.2. The van der Waals surface area contributed by atoms with Gasteiger partial charge in [0.25, 0.3) is 0 Å². The highest BCUT2D eigenvalue weighted by molar-refractivity contribution is 5.77. The number of aromatic amines is 1. The van der Waals surface area contributed by atoms with Crippen molar-refractivity contribution in [2.75, 3.05) is 0 Å². The first kappa shape index (κ1) is 8.71. The van der Waals surface area contributed by atoms with E-state index in [1.807, 2.05) is 6.07 Å². The number of H-pyrrole nitrogens is 1. The van der Waals surface area contributed by atoms with Gasteiger partial charge in [-0.1, -0.05) is 20.4 Å². The maximum Gasteiger partial charge on any atom is 0.0760 e. The predicted molar refractivity (Wildman–Crippen MR) is 50.2 cm³/mol. The minimum Gasteiger partial charge on any atom is -0.277 e. The lowest BCUT2D eigenvalue weighted by Gasteiger charge is -2.00. The van der Waals surface area contributed by atoms with E-state index in [0.29, 0.717) is 5.92 Å². The molecule has 0 radical (unpaired) electrons. The van der Waals surface area contributed by atoms with Crippen molar-refractivity contribution in [1.82, 2.24) is 10.2 Å². The van der Waals surface area contributed by atoms with Crippen molar-refractivity contribution in [2.24, 2.45) is 10.9 Å². The number of aromatic nitrogens is 2. The van der Waals surface area contributed by atoms with E-state index in [-0.39, 0.29) is 0 Å². The molecular weight excluding hydrogens is 150 g/mol. The zero-order valence-electron chi connectivity index (χ0n) is 7.41. The Morgan fingerprint density at radius 3 is 3.00 bits per heavy atom. The Morgan fingerprint density at radius 1 is 1.75 bits per heavy atom. The van der Waals surface area contributed by atoms with Gasteiger partial charge in [0, 0.05) is 11.9 Å². The highest BCUT2D eigenvalue weighted by Gasteiger charge is 1.95. The first-order chi connectivity index (χ1) is 5.70. The highest BCUT2D eigenvalue weighted by Crippen LogP contribution is 2.06. The zero-order chi connectivity index (χ0) is 8.97. The van der Waals surface area contributed by atoms with Gasteiger partial charge in [0.15, 0.2) is 0 Å². The van der Waals surface area contributed by atoms with Crippen molar-refractivity contribution < 1.29 is 0 Å². The van der Waals surface area contributed by atoms with E-state index in [1.54, 1.807) is 12.4 Å². The van der Waals surface area contributed by atoms with Crippen LogP contribution in [0, 0.1) is 5.92 Å². The molecule has 0 aliphatic rings. The summed E-state index contributed by atoms with van der Waals surface area (Å²) < 4.78 is 0. The Balaban J connectivity index is 2.57. The van der Waals surface area contributed by atoms with Crippen LogP contribution in [0.4, 0.5) is 0 Å². The molecule has 3 heteroatoms. The molecule has 0 saturated heterocycles. The first-order valence-electron chi connectivity index (χ1n) is 3.92. The molecule has 0 aliphatic heterocycles. The van der Waals surface area contributed by atoms with Gasteiger partial charge in [0.2, 0.25) is 0 Å². The summed E-state index contributed by atoms with van der Waals surface area (Å²) in [4.78, 5) is 4.18. The molecule has 1 aromatic rings. The molecule has 0 unspecified atom stereocenters. The molecule has 64 valence electrons. The number of hydrogen-bond donors (Lipinski definition) is 1. The van der Waals surface area contributed by atoms with Gasteiger partial charge < -0.3 is 0 Å². The van der Waals surface area contributed by atoms with Gasteiger partial charge in [-0.25, -0.2) is 0 Å². The summed E-state index contributed by atoms with van der Waals surface area (Å²) in [7, 11) is 0. The normalized spacial score (nSPS) is 11.2. The monoisotopic (exact) mass is 163 g/mol. The fourth-order valence-electron chi connectivity index (χ4n) is 0.640. The van der Waals surface area contributed by atoms with E-state index in [4.69, 9.17) is 0 Å². The fourth-order valence-corrected chi connectivity index (χ4v) is 0.640. The lowest BCUT2D eigenvalue weighted by Crippen LogP contribution is -1.90. The van der Waals surface area contributed by atoms with Crippen molar-refractivity contribution >= 4 is 6.21 Å². The van der Waals surface area contributed by atoms with Crippen molar-refractivity contribution in [3.63, 3.8) is 0 Å². The van der Waals surface area contributed by atoms with E-state index in [1.165, 1.54) is 0 Å². The molecular formula is C9H13N3. The van der Waals surface area contributed by atoms with Crippen LogP contribution in [-0.2, 0) is 0 Å². The summed E-state index contributed by atoms with van der Waals surface area (Å²) in [5.41, 5.74) is 1.78. The number of allylic oxidation sites excluding steroid dienone is 1. The summed E-state index contributed by atoms with van der Waals surface area (Å²) in [5.74, 6) is 0.393. The van der Waals surface area contributed by atoms with Crippen LogP contribution in [0.5, 0.6) is 0 Å². The van der Waals surface area contributed by atoms with Crippen molar-refractivity contribution in [2.45, 2.75) is 13.8 Å². The molecule has 1 N–H and O–H groups in total. The van der Waals surface area contributed by atoms with Gasteiger partial charge in [-0.05, 0) is 12.0 Å². The quantitative estimate of drug-likeness (QED) is 0.680. The van der Waals surface area contributed by atoms with Gasteiger partial charge >= 0.3 is 0 Å². The molecule has 12 heavy (non-hydrogen) atoms. The summed E-state index contributed by atoms with van der Waals surface area (Å²) in [6.45, 7) is 7.95. The topological polar surface area (TPSA) is 41.0 Å². The van der Waals surface area contributed by atoms with Gasteiger partial charge in [-0.2, -0.15) is 5.10 Å². The SMILES string of the molecule is C=C(N=Cc1ccn[nH]1)C(C)C. The van der Waals surface area contributed by atoms with Gasteiger partial charge in [-0.3, -0.25) is 10.1 Å². The van der Waals surface area contributed by atoms with E-state index >= 15 is 0 Å². The maximum atomic E-state index is 4.18. The molecule has 1 heterocycles. The second-order valence-electron chi connectivity index (χ2n) is 2.92. The van der Waals surface area contributed by atoms with Gasteiger partial charge in [0.1, 0.15) is 0 Å². The highest BCUT2D eigenvalue weighted by atomic mass is 15.1. The molecule has 0 aliphatic carbocycles. The minimum atomic E-state index is 0.393. The Labute approximate surface area is 72.2 Å². The molecule has 0 atom stereocenters. The third-order valence-corrected chi connectivity index (χ3v) is 1.56. The molecule has 0 bridgehead atoms. The van der Waals surface area contributed by atoms with Crippen LogP contribution in [0.2, 0.25) is 0 Å². The Hall–Kier alpha value is -1.38. The van der Waals surface area contributed by atoms with Crippen LogP contribution in [0.3, 0.4) is 0 Å². The number of nitrogens with zero attached hydrogens (tertiary/aromatic N) is 2. The van der Waals surface area contributed by atoms with E-state index in [0.717, 1.165) is 11.4 Å². The number of nitrogens with one attached hydrogen (secondary N) is 1. The second-order valence-corrected chi connectivity index (χ2v) is 2.92. The Bertz CT molecular complexity index is 270. The minimum absolute atomic E-state index is 0.393. The maximum absolute atomic E-state index is 4.18. The lowest BCUT2D eigenvalue weighted by molar-refractivity contribution is 0.763. The fraction of sp³-hybridized carbons (Fsp3) is 0.333. The smallest absolute Gasteiger partial charge is 0.0760 e. The largest absolute Gasteiger partial charge is 0.277 e. The molecule has 0 aromatic carbocycles. The molecule has 0 spiro atoms. The molecule has 1 aromatic heterocycles. The predicted octanol–water partition coefficient (Wildman–Crippen LogP) is 2.00. The molecule has 0 fully saturated rings. The summed E-state index contributed by atoms with van der Waals surface area (Å²) in [6, 6.07) is 1.86. The average molecular weight is 163 g/mol. The molecule has 1 rings (SSSR count). The molecule has 0 saturated carbocycles. The average Bonchev–Trinajstić information content (AvgIpc) is 2.51. The van der Waals surface area contributed by atoms with Crippen molar-refractivity contribution in [1.29, 1.82) is 0 Å². The number of aliphatic imine (C=N–C) groups is 1. The third kappa shape index (κ3) is 2.34. The van der Waals surface area contributed by atoms with E-state index in [2.05, 4.69) is 35.6 Å². The summed E-state index contributed by atoms with van der Waals surface area (Å²) in [5, 5.41) is 6.59. The molecule has 0 amide bonds. The Kier molecular flexibility index (Phi) is 2.80. The van der Waals surface area contributed by atoms with Crippen molar-refractivity contribution in [3.8, 4) is 0 Å². The van der Waals surface area contributed by atoms with Crippen LogP contribution in [-0.4, -0.2) is 16.4 Å². The second kappa shape index (κ2) is 3.85. The van der Waals surface area contributed by atoms with Crippen LogP contribution >= 0.6 is 0 Å². The zero-order valence-corrected chi connectivity index (χ0v) is 7.41. The number of hydrogen-bond acceptors (Lipinski definition) is 2. The first-order valence-corrected chi connectivity index (χ1v) is 3.92. The standard InChI is InChI=1S/C9H13N3/c1-7(2)8(3)10-6-9-4-5-11-12-9/h4-7H,3H2,1-2H3,(H,11,12). The summed E-state index contributed by atoms with van der Waals surface area (Å²) in [6.07, 6.45) is 3.43. The van der Waals surface area contributed by atoms with Gasteiger partial charge in [0.05, 0.1) is 11.9 Å². The van der Waals surface area contributed by atoms with Crippen LogP contribution < -0.4 is 0 Å². The van der Waals surface area contributed by atoms with E-state index in [9.17, 15) is 0 Å². The molecule has 3 nitrogen and oxygen atoms in total. The number of rotatable bonds is 3. The third-order valence-electron chi connectivity index (χ3n) is 1.56. The van der Waals surface area contributed by atoms with Crippen LogP contribution in [0.25, 0.3) is 0 Å².